The summed E-state index contributed by atoms with van der Waals surface area (Å²) in [4.78, 5) is 10.6. The number of halogens is 1. The third-order valence-electron chi connectivity index (χ3n) is 1.48. The van der Waals surface area contributed by atoms with Crippen molar-refractivity contribution in [3.05, 3.63) is 40.4 Å². The van der Waals surface area contributed by atoms with Crippen LogP contribution in [-0.2, 0) is 4.79 Å². The summed E-state index contributed by atoms with van der Waals surface area (Å²) in [5.74, 6) is -0.166. The predicted octanol–water partition coefficient (Wildman–Crippen LogP) is 2.94. The molecule has 1 aromatic rings. The first-order valence-electron chi connectivity index (χ1n) is 3.77. The van der Waals surface area contributed by atoms with E-state index in [1.807, 2.05) is 0 Å². The maximum atomic E-state index is 10.6. The molecule has 0 bridgehead atoms. The van der Waals surface area contributed by atoms with Crippen LogP contribution >= 0.6 is 15.9 Å². The fraction of sp³-hybridized carbons (Fsp3) is 0.100. The molecule has 0 heterocycles. The molecule has 1 N–H and O–H groups in total. The molecule has 0 spiro atoms. The molecule has 0 atom stereocenters. The second kappa shape index (κ2) is 4.23. The zero-order valence-electron chi connectivity index (χ0n) is 7.12. The van der Waals surface area contributed by atoms with Gasteiger partial charge in [0.25, 0.3) is 0 Å². The van der Waals surface area contributed by atoms with Gasteiger partial charge in [0.15, 0.2) is 5.78 Å². The molecule has 68 valence electrons. The summed E-state index contributed by atoms with van der Waals surface area (Å²) in [7, 11) is 0. The number of benzene rings is 1. The molecule has 1 rings (SSSR count). The fourth-order valence-corrected chi connectivity index (χ4v) is 1.16. The summed E-state index contributed by atoms with van der Waals surface area (Å²) in [6.45, 7) is 1.40. The number of hydrogen-bond acceptors (Lipinski definition) is 2. The maximum absolute atomic E-state index is 10.6. The third-order valence-corrected chi connectivity index (χ3v) is 2.01. The highest BCUT2D eigenvalue weighted by Crippen LogP contribution is 2.15. The minimum Gasteiger partial charge on any atom is -0.507 e. The van der Waals surface area contributed by atoms with E-state index in [1.54, 1.807) is 24.3 Å². The van der Waals surface area contributed by atoms with E-state index in [2.05, 4.69) is 15.9 Å². The normalized spacial score (nSPS) is 11.4. The molecule has 13 heavy (non-hydrogen) atoms. The highest BCUT2D eigenvalue weighted by atomic mass is 79.9. The zero-order chi connectivity index (χ0) is 9.84. The Morgan fingerprint density at radius 2 is 1.92 bits per heavy atom. The number of carbonyl (C=O) groups is 1. The van der Waals surface area contributed by atoms with E-state index in [0.29, 0.717) is 5.56 Å². The van der Waals surface area contributed by atoms with Crippen molar-refractivity contribution < 1.29 is 9.90 Å². The van der Waals surface area contributed by atoms with E-state index in [0.717, 1.165) is 4.47 Å². The summed E-state index contributed by atoms with van der Waals surface area (Å²) < 4.78 is 0.937. The van der Waals surface area contributed by atoms with Crippen LogP contribution in [0, 0.1) is 0 Å². The van der Waals surface area contributed by atoms with E-state index in [9.17, 15) is 9.90 Å². The Bertz CT molecular complexity index is 338. The van der Waals surface area contributed by atoms with Gasteiger partial charge < -0.3 is 5.11 Å². The highest BCUT2D eigenvalue weighted by molar-refractivity contribution is 9.10. The molecular weight excluding hydrogens is 232 g/mol. The Hall–Kier alpha value is -1.09. The van der Waals surface area contributed by atoms with Gasteiger partial charge in [0.1, 0.15) is 5.76 Å². The average molecular weight is 241 g/mol. The largest absolute Gasteiger partial charge is 0.507 e. The lowest BCUT2D eigenvalue weighted by Crippen LogP contribution is -1.88. The first-order chi connectivity index (χ1) is 6.09. The average Bonchev–Trinajstić information content (AvgIpc) is 2.04. The van der Waals surface area contributed by atoms with Gasteiger partial charge >= 0.3 is 0 Å². The first kappa shape index (κ1) is 9.99. The van der Waals surface area contributed by atoms with Gasteiger partial charge in [-0.05, 0) is 19.1 Å². The second-order valence-electron chi connectivity index (χ2n) is 2.65. The van der Waals surface area contributed by atoms with E-state index < -0.39 is 0 Å². The molecule has 0 aliphatic carbocycles. The summed E-state index contributed by atoms with van der Waals surface area (Å²) in [5, 5.41) is 9.41. The highest BCUT2D eigenvalue weighted by Gasteiger charge is 1.99. The van der Waals surface area contributed by atoms with E-state index in [1.165, 1.54) is 13.0 Å². The lowest BCUT2D eigenvalue weighted by molar-refractivity contribution is -0.112. The van der Waals surface area contributed by atoms with Crippen molar-refractivity contribution in [1.29, 1.82) is 0 Å². The second-order valence-corrected chi connectivity index (χ2v) is 3.56. The Kier molecular flexibility index (Phi) is 3.25. The van der Waals surface area contributed by atoms with Crippen molar-refractivity contribution in [2.45, 2.75) is 6.92 Å². The van der Waals surface area contributed by atoms with Crippen LogP contribution in [0.5, 0.6) is 0 Å². The number of carbonyl (C=O) groups excluding carboxylic acids is 1. The zero-order valence-corrected chi connectivity index (χ0v) is 8.71. The van der Waals surface area contributed by atoms with Crippen molar-refractivity contribution >= 4 is 27.5 Å². The van der Waals surface area contributed by atoms with Gasteiger partial charge in [-0.15, -0.1) is 0 Å². The van der Waals surface area contributed by atoms with Crippen LogP contribution < -0.4 is 0 Å². The van der Waals surface area contributed by atoms with Crippen LogP contribution in [0.15, 0.2) is 34.8 Å². The summed E-state index contributed by atoms with van der Waals surface area (Å²) in [5.41, 5.74) is 0.637. The molecule has 0 fully saturated rings. The first-order valence-corrected chi connectivity index (χ1v) is 4.56. The van der Waals surface area contributed by atoms with E-state index >= 15 is 0 Å². The number of aliphatic hydroxyl groups excluding tert-OH is 1. The molecule has 0 saturated heterocycles. The minimum atomic E-state index is -0.166. The summed E-state index contributed by atoms with van der Waals surface area (Å²) in [6, 6.07) is 7.08. The summed E-state index contributed by atoms with van der Waals surface area (Å²) >= 11 is 3.28. The fourth-order valence-electron chi connectivity index (χ4n) is 0.897. The van der Waals surface area contributed by atoms with Crippen LogP contribution in [0.3, 0.4) is 0 Å². The molecule has 0 aliphatic heterocycles. The van der Waals surface area contributed by atoms with Crippen molar-refractivity contribution in [3.8, 4) is 0 Å². The standard InChI is InChI=1S/C10H9BrO2/c1-7(12)6-10(13)8-2-4-9(11)5-3-8/h2-6,13H,1H3/b10-6+. The van der Waals surface area contributed by atoms with Gasteiger partial charge in [-0.2, -0.15) is 0 Å². The topological polar surface area (TPSA) is 37.3 Å². The molecule has 0 radical (unpaired) electrons. The molecule has 0 saturated carbocycles. The number of allylic oxidation sites excluding steroid dienone is 1. The van der Waals surface area contributed by atoms with Crippen LogP contribution in [0.1, 0.15) is 12.5 Å². The lowest BCUT2D eigenvalue weighted by atomic mass is 10.1. The number of rotatable bonds is 2. The quantitative estimate of drug-likeness (QED) is 0.638. The molecule has 2 nitrogen and oxygen atoms in total. The van der Waals surface area contributed by atoms with Gasteiger partial charge in [0.2, 0.25) is 0 Å². The minimum absolute atomic E-state index is 0.000000000000000444. The van der Waals surface area contributed by atoms with Gasteiger partial charge in [-0.1, -0.05) is 28.1 Å². The SMILES string of the molecule is CC(=O)/C=C(/O)c1ccc(Br)cc1. The molecule has 0 unspecified atom stereocenters. The van der Waals surface area contributed by atoms with Gasteiger partial charge in [0.05, 0.1) is 0 Å². The third kappa shape index (κ3) is 3.03. The maximum Gasteiger partial charge on any atom is 0.156 e. The smallest absolute Gasteiger partial charge is 0.156 e. The summed E-state index contributed by atoms with van der Waals surface area (Å²) in [6.07, 6.45) is 1.20. The molecule has 0 aliphatic rings. The van der Waals surface area contributed by atoms with Crippen LogP contribution in [0.2, 0.25) is 0 Å². The van der Waals surface area contributed by atoms with Crippen LogP contribution in [0.4, 0.5) is 0 Å². The van der Waals surface area contributed by atoms with Gasteiger partial charge in [-0.25, -0.2) is 0 Å². The molecular formula is C10H9BrO2. The monoisotopic (exact) mass is 240 g/mol. The van der Waals surface area contributed by atoms with Crippen molar-refractivity contribution in [2.24, 2.45) is 0 Å². The molecule has 3 heteroatoms. The molecule has 0 amide bonds. The predicted molar refractivity (Wildman–Crippen MR) is 55.4 cm³/mol. The Morgan fingerprint density at radius 1 is 1.38 bits per heavy atom. The van der Waals surface area contributed by atoms with Crippen molar-refractivity contribution in [1.82, 2.24) is 0 Å². The number of hydrogen-bond donors (Lipinski definition) is 1. The van der Waals surface area contributed by atoms with E-state index in [4.69, 9.17) is 0 Å². The Labute approximate surface area is 85.0 Å². The lowest BCUT2D eigenvalue weighted by Gasteiger charge is -1.98. The Morgan fingerprint density at radius 3 is 2.38 bits per heavy atom. The van der Waals surface area contributed by atoms with Crippen LogP contribution in [0.25, 0.3) is 5.76 Å². The van der Waals surface area contributed by atoms with Gasteiger partial charge in [0, 0.05) is 16.1 Å². The van der Waals surface area contributed by atoms with Crippen molar-refractivity contribution in [3.63, 3.8) is 0 Å². The number of aliphatic hydroxyl groups is 1. The molecule has 1 aromatic carbocycles. The van der Waals surface area contributed by atoms with Crippen molar-refractivity contribution in [2.75, 3.05) is 0 Å². The van der Waals surface area contributed by atoms with Gasteiger partial charge in [-0.3, -0.25) is 4.79 Å². The van der Waals surface area contributed by atoms with E-state index in [-0.39, 0.29) is 11.5 Å². The molecule has 0 aromatic heterocycles. The Balaban J connectivity index is 2.96. The number of ketones is 1. The van der Waals surface area contributed by atoms with Crippen LogP contribution in [-0.4, -0.2) is 10.9 Å².